The quantitative estimate of drug-likeness (QED) is 0.892. The minimum Gasteiger partial charge on any atom is -0.481 e. The van der Waals surface area contributed by atoms with Crippen LogP contribution in [-0.2, 0) is 6.54 Å². The number of likely N-dealkylation sites (tertiary alicyclic amines) is 1. The zero-order valence-corrected chi connectivity index (χ0v) is 11.8. The average Bonchev–Trinajstić information content (AvgIpc) is 2.99. The Bertz CT molecular complexity index is 437. The minimum absolute atomic E-state index is 0.699. The summed E-state index contributed by atoms with van der Waals surface area (Å²) in [6, 6.07) is 4.83. The van der Waals surface area contributed by atoms with Crippen LogP contribution < -0.4 is 10.1 Å². The number of rotatable bonds is 4. The molecular formula is C15H23N3O. The van der Waals surface area contributed by atoms with Crippen molar-refractivity contribution in [1.82, 2.24) is 15.2 Å². The minimum atomic E-state index is 0.699. The van der Waals surface area contributed by atoms with E-state index in [1.54, 1.807) is 13.3 Å². The molecule has 4 nitrogen and oxygen atoms in total. The molecule has 0 spiro atoms. The van der Waals surface area contributed by atoms with Gasteiger partial charge < -0.3 is 10.1 Å². The van der Waals surface area contributed by atoms with E-state index in [1.165, 1.54) is 31.6 Å². The molecule has 3 heterocycles. The van der Waals surface area contributed by atoms with Crippen LogP contribution in [0.1, 0.15) is 18.9 Å². The number of methoxy groups -OCH3 is 1. The Morgan fingerprint density at radius 2 is 2.37 bits per heavy atom. The van der Waals surface area contributed by atoms with Crippen molar-refractivity contribution in [1.29, 1.82) is 0 Å². The molecule has 19 heavy (non-hydrogen) atoms. The maximum Gasteiger partial charge on any atom is 0.217 e. The highest BCUT2D eigenvalue weighted by molar-refractivity contribution is 5.25. The van der Waals surface area contributed by atoms with Gasteiger partial charge in [0.1, 0.15) is 0 Å². The molecule has 1 N–H and O–H groups in total. The molecule has 3 rings (SSSR count). The first kappa shape index (κ1) is 12.9. The number of nitrogens with zero attached hydrogens (tertiary/aromatic N) is 2. The molecule has 0 bridgehead atoms. The van der Waals surface area contributed by atoms with E-state index in [4.69, 9.17) is 4.74 Å². The molecule has 104 valence electrons. The van der Waals surface area contributed by atoms with Gasteiger partial charge in [-0.15, -0.1) is 0 Å². The third-order valence-electron chi connectivity index (χ3n) is 4.66. The van der Waals surface area contributed by atoms with E-state index in [9.17, 15) is 0 Å². The van der Waals surface area contributed by atoms with Crippen molar-refractivity contribution in [3.8, 4) is 5.88 Å². The van der Waals surface area contributed by atoms with Crippen LogP contribution in [0.2, 0.25) is 0 Å². The third-order valence-corrected chi connectivity index (χ3v) is 4.66. The van der Waals surface area contributed by atoms with E-state index in [1.807, 2.05) is 6.07 Å². The standard InChI is InChI=1S/C15H23N3O/c1-3-14-13-8-16-7-12(13)10-18(14)9-11-5-4-6-17-15(11)19-2/h4-6,12-14,16H,3,7-10H2,1-2H3. The molecule has 4 heteroatoms. The molecule has 0 saturated carbocycles. The second kappa shape index (κ2) is 5.47. The van der Waals surface area contributed by atoms with Crippen LogP contribution in [0, 0.1) is 11.8 Å². The zero-order valence-electron chi connectivity index (χ0n) is 11.8. The predicted octanol–water partition coefficient (Wildman–Crippen LogP) is 1.52. The summed E-state index contributed by atoms with van der Waals surface area (Å²) in [5, 5.41) is 3.53. The van der Waals surface area contributed by atoms with Crippen molar-refractivity contribution < 1.29 is 4.74 Å². The van der Waals surface area contributed by atoms with Crippen molar-refractivity contribution in [3.05, 3.63) is 23.9 Å². The van der Waals surface area contributed by atoms with Gasteiger partial charge in [-0.05, 0) is 37.4 Å². The fraction of sp³-hybridized carbons (Fsp3) is 0.667. The summed E-state index contributed by atoms with van der Waals surface area (Å²) in [4.78, 5) is 6.92. The highest BCUT2D eigenvalue weighted by Crippen LogP contribution is 2.35. The van der Waals surface area contributed by atoms with Gasteiger partial charge in [-0.2, -0.15) is 0 Å². The zero-order chi connectivity index (χ0) is 13.2. The number of pyridine rings is 1. The summed E-state index contributed by atoms with van der Waals surface area (Å²) in [5.41, 5.74) is 1.20. The fourth-order valence-corrected chi connectivity index (χ4v) is 3.80. The number of hydrogen-bond acceptors (Lipinski definition) is 4. The van der Waals surface area contributed by atoms with E-state index in [0.29, 0.717) is 6.04 Å². The first-order chi connectivity index (χ1) is 9.33. The second-order valence-electron chi connectivity index (χ2n) is 5.66. The van der Waals surface area contributed by atoms with Crippen LogP contribution >= 0.6 is 0 Å². The highest BCUT2D eigenvalue weighted by Gasteiger charge is 2.43. The molecule has 0 amide bonds. The van der Waals surface area contributed by atoms with E-state index < -0.39 is 0 Å². The SMILES string of the molecule is CCC1C2CNCC2CN1Cc1cccnc1OC. The van der Waals surface area contributed by atoms with E-state index in [0.717, 1.165) is 24.3 Å². The lowest BCUT2D eigenvalue weighted by molar-refractivity contribution is 0.207. The number of hydrogen-bond donors (Lipinski definition) is 1. The van der Waals surface area contributed by atoms with Gasteiger partial charge in [0, 0.05) is 30.9 Å². The molecule has 0 aliphatic carbocycles. The Labute approximate surface area is 115 Å². The molecule has 1 aromatic rings. The Kier molecular flexibility index (Phi) is 3.71. The first-order valence-electron chi connectivity index (χ1n) is 7.26. The highest BCUT2D eigenvalue weighted by atomic mass is 16.5. The lowest BCUT2D eigenvalue weighted by Crippen LogP contribution is -2.34. The Balaban J connectivity index is 1.76. The van der Waals surface area contributed by atoms with Crippen molar-refractivity contribution in [2.75, 3.05) is 26.7 Å². The molecule has 3 atom stereocenters. The summed E-state index contributed by atoms with van der Waals surface area (Å²) in [5.74, 6) is 2.42. The molecule has 0 aromatic carbocycles. The first-order valence-corrected chi connectivity index (χ1v) is 7.26. The summed E-state index contributed by atoms with van der Waals surface area (Å²) >= 11 is 0. The summed E-state index contributed by atoms with van der Waals surface area (Å²) in [7, 11) is 1.70. The average molecular weight is 261 g/mol. The van der Waals surface area contributed by atoms with E-state index >= 15 is 0 Å². The Morgan fingerprint density at radius 1 is 1.47 bits per heavy atom. The normalized spacial score (nSPS) is 30.5. The molecule has 3 unspecified atom stereocenters. The van der Waals surface area contributed by atoms with Gasteiger partial charge in [0.2, 0.25) is 5.88 Å². The Hall–Kier alpha value is -1.13. The van der Waals surface area contributed by atoms with Crippen LogP contribution in [0.5, 0.6) is 5.88 Å². The molecule has 2 fully saturated rings. The summed E-state index contributed by atoms with van der Waals surface area (Å²) in [6.45, 7) is 6.83. The van der Waals surface area contributed by atoms with Crippen LogP contribution in [0.15, 0.2) is 18.3 Å². The van der Waals surface area contributed by atoms with Crippen molar-refractivity contribution >= 4 is 0 Å². The third kappa shape index (κ3) is 2.35. The van der Waals surface area contributed by atoms with Gasteiger partial charge >= 0.3 is 0 Å². The van der Waals surface area contributed by atoms with Crippen molar-refractivity contribution in [2.45, 2.75) is 25.9 Å². The number of aromatic nitrogens is 1. The molecule has 2 saturated heterocycles. The molecule has 2 aliphatic heterocycles. The van der Waals surface area contributed by atoms with Crippen molar-refractivity contribution in [3.63, 3.8) is 0 Å². The van der Waals surface area contributed by atoms with Crippen LogP contribution in [0.3, 0.4) is 0 Å². The van der Waals surface area contributed by atoms with Crippen molar-refractivity contribution in [2.24, 2.45) is 11.8 Å². The van der Waals surface area contributed by atoms with Gasteiger partial charge in [0.15, 0.2) is 0 Å². The van der Waals surface area contributed by atoms with E-state index in [2.05, 4.69) is 28.2 Å². The lowest BCUT2D eigenvalue weighted by atomic mass is 9.93. The van der Waals surface area contributed by atoms with Gasteiger partial charge in [0.25, 0.3) is 0 Å². The van der Waals surface area contributed by atoms with E-state index in [-0.39, 0.29) is 0 Å². The van der Waals surface area contributed by atoms with Crippen LogP contribution in [0.25, 0.3) is 0 Å². The Morgan fingerprint density at radius 3 is 3.16 bits per heavy atom. The largest absolute Gasteiger partial charge is 0.481 e. The maximum atomic E-state index is 5.37. The number of ether oxygens (including phenoxy) is 1. The van der Waals surface area contributed by atoms with Crippen LogP contribution in [-0.4, -0.2) is 42.7 Å². The van der Waals surface area contributed by atoms with Gasteiger partial charge in [-0.1, -0.05) is 13.0 Å². The van der Waals surface area contributed by atoms with Gasteiger partial charge in [-0.3, -0.25) is 4.90 Å². The van der Waals surface area contributed by atoms with Gasteiger partial charge in [-0.25, -0.2) is 4.98 Å². The summed E-state index contributed by atoms with van der Waals surface area (Å²) < 4.78 is 5.37. The number of fused-ring (bicyclic) bond motifs is 1. The lowest BCUT2D eigenvalue weighted by Gasteiger charge is -2.27. The number of nitrogens with one attached hydrogen (secondary N) is 1. The molecule has 1 aromatic heterocycles. The second-order valence-corrected chi connectivity index (χ2v) is 5.66. The monoisotopic (exact) mass is 261 g/mol. The molecule has 2 aliphatic rings. The summed E-state index contributed by atoms with van der Waals surface area (Å²) in [6.07, 6.45) is 3.02. The maximum absolute atomic E-state index is 5.37. The van der Waals surface area contributed by atoms with Crippen LogP contribution in [0.4, 0.5) is 0 Å². The smallest absolute Gasteiger partial charge is 0.217 e. The fourth-order valence-electron chi connectivity index (χ4n) is 3.80. The molecular weight excluding hydrogens is 238 g/mol. The molecule has 0 radical (unpaired) electrons. The predicted molar refractivity (Wildman–Crippen MR) is 75.1 cm³/mol. The van der Waals surface area contributed by atoms with Gasteiger partial charge in [0.05, 0.1) is 7.11 Å². The topological polar surface area (TPSA) is 37.4 Å².